The molecule has 33 heavy (non-hydrogen) atoms. The molecule has 1 aliphatic rings. The van der Waals surface area contributed by atoms with Crippen molar-refractivity contribution in [3.05, 3.63) is 104 Å². The van der Waals surface area contributed by atoms with E-state index >= 15 is 0 Å². The number of rotatable bonds is 8. The van der Waals surface area contributed by atoms with Gasteiger partial charge in [0.1, 0.15) is 12.4 Å². The first-order valence-corrected chi connectivity index (χ1v) is 12.4. The predicted octanol–water partition coefficient (Wildman–Crippen LogP) is 7.01. The minimum absolute atomic E-state index is 0.212. The van der Waals surface area contributed by atoms with Gasteiger partial charge in [0.2, 0.25) is 0 Å². The number of nitrogens with zero attached hydrogens (tertiary/aromatic N) is 1. The highest BCUT2D eigenvalue weighted by molar-refractivity contribution is 9.10. The molecule has 3 aromatic carbocycles. The molecule has 0 radical (unpaired) electrons. The highest BCUT2D eigenvalue weighted by Gasteiger charge is 2.34. The number of hydrogen-bond acceptors (Lipinski definition) is 4. The van der Waals surface area contributed by atoms with Crippen LogP contribution in [0.3, 0.4) is 0 Å². The minimum Gasteiger partial charge on any atom is -0.488 e. The van der Waals surface area contributed by atoms with Crippen molar-refractivity contribution in [3.8, 4) is 5.75 Å². The molecule has 4 rings (SSSR count). The molecule has 1 saturated heterocycles. The van der Waals surface area contributed by atoms with E-state index in [1.54, 1.807) is 6.08 Å². The van der Waals surface area contributed by atoms with Crippen LogP contribution in [-0.2, 0) is 17.8 Å². The fourth-order valence-electron chi connectivity index (χ4n) is 3.62. The lowest BCUT2D eigenvalue weighted by Crippen LogP contribution is -2.29. The molecular formula is C27H24BrNO3S. The fraction of sp³-hybridized carbons (Fsp3) is 0.185. The zero-order valence-electron chi connectivity index (χ0n) is 18.3. The van der Waals surface area contributed by atoms with Crippen molar-refractivity contribution in [1.29, 1.82) is 0 Å². The number of halogens is 1. The Labute approximate surface area is 206 Å². The van der Waals surface area contributed by atoms with E-state index in [0.29, 0.717) is 18.1 Å². The van der Waals surface area contributed by atoms with Crippen LogP contribution in [0, 0.1) is 6.92 Å². The van der Waals surface area contributed by atoms with Crippen LogP contribution in [0.2, 0.25) is 0 Å². The van der Waals surface area contributed by atoms with Gasteiger partial charge in [-0.15, -0.1) is 0 Å². The van der Waals surface area contributed by atoms with Crippen molar-refractivity contribution < 1.29 is 14.3 Å². The third-order valence-electron chi connectivity index (χ3n) is 5.29. The maximum Gasteiger partial charge on any atom is 0.293 e. The van der Waals surface area contributed by atoms with Gasteiger partial charge < -0.3 is 4.74 Å². The third kappa shape index (κ3) is 6.15. The number of thioether (sulfide) groups is 1. The summed E-state index contributed by atoms with van der Waals surface area (Å²) in [7, 11) is 0. The molecule has 1 heterocycles. The van der Waals surface area contributed by atoms with Gasteiger partial charge in [-0.05, 0) is 82.4 Å². The summed E-state index contributed by atoms with van der Waals surface area (Å²) >= 11 is 4.55. The van der Waals surface area contributed by atoms with Crippen LogP contribution in [0.5, 0.6) is 5.75 Å². The summed E-state index contributed by atoms with van der Waals surface area (Å²) < 4.78 is 6.73. The molecule has 2 amide bonds. The highest BCUT2D eigenvalue weighted by atomic mass is 79.9. The molecule has 0 N–H and O–H groups in total. The maximum atomic E-state index is 12.8. The second kappa shape index (κ2) is 10.9. The molecule has 1 fully saturated rings. The lowest BCUT2D eigenvalue weighted by molar-refractivity contribution is -0.122. The Balaban J connectivity index is 1.37. The minimum atomic E-state index is -0.228. The molecule has 4 nitrogen and oxygen atoms in total. The Hall–Kier alpha value is -2.83. The van der Waals surface area contributed by atoms with E-state index in [1.165, 1.54) is 16.0 Å². The quantitative estimate of drug-likeness (QED) is 0.299. The molecule has 0 spiro atoms. The van der Waals surface area contributed by atoms with E-state index in [0.717, 1.165) is 46.0 Å². The SMILES string of the molecule is Cc1cccc(COc2ccc(/C=C3/SC(=O)N(CCCc4ccccc4)C3=O)cc2Br)c1. The maximum absolute atomic E-state index is 12.8. The van der Waals surface area contributed by atoms with Gasteiger partial charge in [-0.1, -0.05) is 66.2 Å². The Morgan fingerprint density at radius 2 is 1.76 bits per heavy atom. The Bertz CT molecular complexity index is 1190. The number of hydrogen-bond donors (Lipinski definition) is 0. The molecule has 0 aliphatic carbocycles. The van der Waals surface area contributed by atoms with Crippen molar-refractivity contribution in [2.75, 3.05) is 6.54 Å². The zero-order valence-corrected chi connectivity index (χ0v) is 20.7. The van der Waals surface area contributed by atoms with Crippen molar-refractivity contribution in [2.45, 2.75) is 26.4 Å². The molecule has 6 heteroatoms. The Morgan fingerprint density at radius 3 is 2.52 bits per heavy atom. The van der Waals surface area contributed by atoms with Gasteiger partial charge in [0.15, 0.2) is 0 Å². The van der Waals surface area contributed by atoms with Gasteiger partial charge in [0.25, 0.3) is 11.1 Å². The monoisotopic (exact) mass is 521 g/mol. The van der Waals surface area contributed by atoms with Gasteiger partial charge in [0.05, 0.1) is 9.38 Å². The first kappa shape index (κ1) is 23.3. The Morgan fingerprint density at radius 1 is 0.970 bits per heavy atom. The van der Waals surface area contributed by atoms with Gasteiger partial charge in [0, 0.05) is 6.54 Å². The standard InChI is InChI=1S/C27H24BrNO3S/c1-19-7-5-10-22(15-19)18-32-24-13-12-21(16-23(24)28)17-25-26(30)29(27(31)33-25)14-6-11-20-8-3-2-4-9-20/h2-5,7-10,12-13,15-17H,6,11,14,18H2,1H3/b25-17+. The van der Waals surface area contributed by atoms with Gasteiger partial charge >= 0.3 is 0 Å². The first-order valence-electron chi connectivity index (χ1n) is 10.8. The number of amides is 2. The van der Waals surface area contributed by atoms with E-state index in [4.69, 9.17) is 4.74 Å². The van der Waals surface area contributed by atoms with Crippen LogP contribution < -0.4 is 4.74 Å². The molecule has 1 aliphatic heterocycles. The highest BCUT2D eigenvalue weighted by Crippen LogP contribution is 2.34. The van der Waals surface area contributed by atoms with E-state index in [1.807, 2.05) is 48.5 Å². The van der Waals surface area contributed by atoms with Crippen molar-refractivity contribution >= 4 is 44.9 Å². The van der Waals surface area contributed by atoms with E-state index in [-0.39, 0.29) is 11.1 Å². The number of ether oxygens (including phenoxy) is 1. The van der Waals surface area contributed by atoms with Gasteiger partial charge in [-0.2, -0.15) is 0 Å². The van der Waals surface area contributed by atoms with E-state index in [2.05, 4.69) is 47.1 Å². The molecule has 3 aromatic rings. The average Bonchev–Trinajstić information content (AvgIpc) is 3.06. The molecule has 0 aromatic heterocycles. The first-order chi connectivity index (χ1) is 16.0. The average molecular weight is 522 g/mol. The molecule has 0 atom stereocenters. The summed E-state index contributed by atoms with van der Waals surface area (Å²) in [5.74, 6) is 0.497. The van der Waals surface area contributed by atoms with Crippen LogP contribution >= 0.6 is 27.7 Å². The summed E-state index contributed by atoms with van der Waals surface area (Å²) in [6.07, 6.45) is 3.34. The number of imide groups is 1. The smallest absolute Gasteiger partial charge is 0.293 e. The zero-order chi connectivity index (χ0) is 23.2. The predicted molar refractivity (Wildman–Crippen MR) is 137 cm³/mol. The van der Waals surface area contributed by atoms with Crippen LogP contribution in [0.1, 0.15) is 28.7 Å². The fourth-order valence-corrected chi connectivity index (χ4v) is 4.99. The van der Waals surface area contributed by atoms with Crippen molar-refractivity contribution in [1.82, 2.24) is 4.90 Å². The van der Waals surface area contributed by atoms with Gasteiger partial charge in [-0.3, -0.25) is 14.5 Å². The number of carbonyl (C=O) groups excluding carboxylic acids is 2. The topological polar surface area (TPSA) is 46.6 Å². The largest absolute Gasteiger partial charge is 0.488 e. The van der Waals surface area contributed by atoms with Crippen molar-refractivity contribution in [3.63, 3.8) is 0 Å². The summed E-state index contributed by atoms with van der Waals surface area (Å²) in [5.41, 5.74) is 4.33. The summed E-state index contributed by atoms with van der Waals surface area (Å²) in [6, 6.07) is 23.9. The molecule has 0 unspecified atom stereocenters. The summed E-state index contributed by atoms with van der Waals surface area (Å²) in [5, 5.41) is -0.212. The Kier molecular flexibility index (Phi) is 7.68. The molecule has 168 valence electrons. The van der Waals surface area contributed by atoms with Crippen molar-refractivity contribution in [2.24, 2.45) is 0 Å². The molecular weight excluding hydrogens is 498 g/mol. The van der Waals surface area contributed by atoms with Crippen LogP contribution in [0.4, 0.5) is 4.79 Å². The number of aryl methyl sites for hydroxylation is 2. The third-order valence-corrected chi connectivity index (χ3v) is 6.82. The second-order valence-corrected chi connectivity index (χ2v) is 9.74. The molecule has 0 bridgehead atoms. The van der Waals surface area contributed by atoms with E-state index < -0.39 is 0 Å². The lowest BCUT2D eigenvalue weighted by Gasteiger charge is -2.12. The van der Waals surface area contributed by atoms with E-state index in [9.17, 15) is 9.59 Å². The van der Waals surface area contributed by atoms with Crippen LogP contribution in [-0.4, -0.2) is 22.6 Å². The normalized spacial score (nSPS) is 14.8. The van der Waals surface area contributed by atoms with Gasteiger partial charge in [-0.25, -0.2) is 0 Å². The van der Waals surface area contributed by atoms with Crippen LogP contribution in [0.15, 0.2) is 82.2 Å². The summed E-state index contributed by atoms with van der Waals surface area (Å²) in [4.78, 5) is 27.0. The summed E-state index contributed by atoms with van der Waals surface area (Å²) in [6.45, 7) is 2.95. The number of carbonyl (C=O) groups is 2. The van der Waals surface area contributed by atoms with Crippen LogP contribution in [0.25, 0.3) is 6.08 Å². The second-order valence-electron chi connectivity index (χ2n) is 7.89. The number of benzene rings is 3. The lowest BCUT2D eigenvalue weighted by atomic mass is 10.1. The molecule has 0 saturated carbocycles.